The Hall–Kier alpha value is -0.770. The number of guanidine groups is 1. The van der Waals surface area contributed by atoms with E-state index in [1.807, 2.05) is 7.05 Å². The second kappa shape index (κ2) is 7.87. The molecule has 4 heteroatoms. The van der Waals surface area contributed by atoms with E-state index in [9.17, 15) is 0 Å². The summed E-state index contributed by atoms with van der Waals surface area (Å²) >= 11 is 0. The molecule has 2 N–H and O–H groups in total. The van der Waals surface area contributed by atoms with Gasteiger partial charge in [0.2, 0.25) is 0 Å². The largest absolute Gasteiger partial charge is 0.356 e. The first-order valence-electron chi connectivity index (χ1n) is 9.87. The first-order valence-corrected chi connectivity index (χ1v) is 9.87. The van der Waals surface area contributed by atoms with Crippen LogP contribution in [0.25, 0.3) is 0 Å². The summed E-state index contributed by atoms with van der Waals surface area (Å²) in [6.45, 7) is 8.08. The summed E-state index contributed by atoms with van der Waals surface area (Å²) in [5.41, 5.74) is 0. The lowest BCUT2D eigenvalue weighted by Gasteiger charge is -2.35. The lowest BCUT2D eigenvalue weighted by atomic mass is 9.86. The van der Waals surface area contributed by atoms with E-state index in [1.165, 1.54) is 58.0 Å². The average molecular weight is 321 g/mol. The Labute approximate surface area is 142 Å². The van der Waals surface area contributed by atoms with Crippen molar-refractivity contribution in [1.82, 2.24) is 15.5 Å². The molecule has 132 valence electrons. The van der Waals surface area contributed by atoms with Crippen LogP contribution in [0.1, 0.15) is 58.8 Å². The zero-order valence-corrected chi connectivity index (χ0v) is 15.4. The second-order valence-electron chi connectivity index (χ2n) is 8.27. The average Bonchev–Trinajstić information content (AvgIpc) is 3.17. The van der Waals surface area contributed by atoms with E-state index in [0.717, 1.165) is 30.3 Å². The molecular formula is C19H36N4. The molecule has 3 unspecified atom stereocenters. The molecule has 2 saturated carbocycles. The predicted octanol–water partition coefficient (Wildman–Crippen LogP) is 2.85. The summed E-state index contributed by atoms with van der Waals surface area (Å²) in [5, 5.41) is 7.20. The van der Waals surface area contributed by atoms with Crippen molar-refractivity contribution >= 4 is 5.96 Å². The summed E-state index contributed by atoms with van der Waals surface area (Å²) < 4.78 is 0. The van der Waals surface area contributed by atoms with Crippen LogP contribution in [-0.4, -0.2) is 49.6 Å². The molecule has 0 aromatic carbocycles. The van der Waals surface area contributed by atoms with Gasteiger partial charge in [-0.05, 0) is 70.1 Å². The van der Waals surface area contributed by atoms with Crippen LogP contribution in [0.2, 0.25) is 0 Å². The SMILES string of the molecule is CN=C(NCCC1CC2CCC1C2)NC1CCN(C(C)C)CC1. The van der Waals surface area contributed by atoms with Crippen molar-refractivity contribution in [2.75, 3.05) is 26.7 Å². The highest BCUT2D eigenvalue weighted by Crippen LogP contribution is 2.49. The maximum Gasteiger partial charge on any atom is 0.191 e. The van der Waals surface area contributed by atoms with E-state index in [0.29, 0.717) is 12.1 Å². The van der Waals surface area contributed by atoms with Crippen LogP contribution in [-0.2, 0) is 0 Å². The molecule has 1 heterocycles. The van der Waals surface area contributed by atoms with E-state index in [-0.39, 0.29) is 0 Å². The lowest BCUT2D eigenvalue weighted by molar-refractivity contribution is 0.167. The Balaban J connectivity index is 1.34. The fraction of sp³-hybridized carbons (Fsp3) is 0.947. The molecule has 0 aromatic heterocycles. The van der Waals surface area contributed by atoms with Crippen molar-refractivity contribution in [3.8, 4) is 0 Å². The van der Waals surface area contributed by atoms with Crippen molar-refractivity contribution in [2.45, 2.75) is 70.9 Å². The van der Waals surface area contributed by atoms with Gasteiger partial charge in [-0.15, -0.1) is 0 Å². The monoisotopic (exact) mass is 320 g/mol. The van der Waals surface area contributed by atoms with E-state index in [4.69, 9.17) is 0 Å². The molecule has 3 aliphatic rings. The van der Waals surface area contributed by atoms with Crippen LogP contribution in [0.4, 0.5) is 0 Å². The van der Waals surface area contributed by atoms with Crippen LogP contribution in [0, 0.1) is 17.8 Å². The van der Waals surface area contributed by atoms with E-state index < -0.39 is 0 Å². The van der Waals surface area contributed by atoms with Gasteiger partial charge in [0.05, 0.1) is 0 Å². The zero-order chi connectivity index (χ0) is 16.2. The van der Waals surface area contributed by atoms with Crippen LogP contribution in [0.3, 0.4) is 0 Å². The Morgan fingerprint density at radius 2 is 1.91 bits per heavy atom. The molecule has 3 rings (SSSR count). The number of fused-ring (bicyclic) bond motifs is 2. The molecule has 3 atom stereocenters. The highest BCUT2D eigenvalue weighted by molar-refractivity contribution is 5.79. The highest BCUT2D eigenvalue weighted by Gasteiger charge is 2.38. The van der Waals surface area contributed by atoms with Gasteiger partial charge in [0.25, 0.3) is 0 Å². The molecule has 4 nitrogen and oxygen atoms in total. The minimum atomic E-state index is 0.582. The van der Waals surface area contributed by atoms with Gasteiger partial charge in [0.15, 0.2) is 5.96 Å². The lowest BCUT2D eigenvalue weighted by Crippen LogP contribution is -2.50. The van der Waals surface area contributed by atoms with Gasteiger partial charge in [-0.25, -0.2) is 0 Å². The first-order chi connectivity index (χ1) is 11.2. The Morgan fingerprint density at radius 1 is 1.13 bits per heavy atom. The Kier molecular flexibility index (Phi) is 5.84. The molecular weight excluding hydrogens is 284 g/mol. The number of rotatable bonds is 5. The van der Waals surface area contributed by atoms with Crippen molar-refractivity contribution < 1.29 is 0 Å². The first kappa shape index (κ1) is 17.1. The molecule has 2 aliphatic carbocycles. The van der Waals surface area contributed by atoms with Crippen molar-refractivity contribution in [3.63, 3.8) is 0 Å². The molecule has 0 amide bonds. The summed E-state index contributed by atoms with van der Waals surface area (Å²) in [6.07, 6.45) is 9.80. The normalized spacial score (nSPS) is 32.7. The van der Waals surface area contributed by atoms with Crippen LogP contribution < -0.4 is 10.6 Å². The van der Waals surface area contributed by atoms with Gasteiger partial charge in [-0.1, -0.05) is 6.42 Å². The third kappa shape index (κ3) is 4.40. The topological polar surface area (TPSA) is 39.7 Å². The number of aliphatic imine (C=N–C) groups is 1. The maximum absolute atomic E-state index is 4.43. The molecule has 23 heavy (non-hydrogen) atoms. The molecule has 1 aliphatic heterocycles. The molecule has 0 radical (unpaired) electrons. The minimum absolute atomic E-state index is 0.582. The smallest absolute Gasteiger partial charge is 0.191 e. The summed E-state index contributed by atoms with van der Waals surface area (Å²) in [6, 6.07) is 1.26. The third-order valence-electron chi connectivity index (χ3n) is 6.52. The second-order valence-corrected chi connectivity index (χ2v) is 8.27. The fourth-order valence-corrected chi connectivity index (χ4v) is 5.05. The number of hydrogen-bond acceptors (Lipinski definition) is 2. The van der Waals surface area contributed by atoms with E-state index in [2.05, 4.69) is 34.4 Å². The number of likely N-dealkylation sites (tertiary alicyclic amines) is 1. The summed E-state index contributed by atoms with van der Waals surface area (Å²) in [5.74, 6) is 4.09. The van der Waals surface area contributed by atoms with Gasteiger partial charge >= 0.3 is 0 Å². The standard InChI is InChI=1S/C19H36N4/c1-14(2)23-10-7-18(8-11-23)22-19(20-3)21-9-6-17-13-15-4-5-16(17)12-15/h14-18H,4-13H2,1-3H3,(H2,20,21,22). The number of nitrogens with zero attached hydrogens (tertiary/aromatic N) is 2. The number of nitrogens with one attached hydrogen (secondary N) is 2. The highest BCUT2D eigenvalue weighted by atomic mass is 15.2. The van der Waals surface area contributed by atoms with Crippen LogP contribution in [0.5, 0.6) is 0 Å². The summed E-state index contributed by atoms with van der Waals surface area (Å²) in [7, 11) is 1.90. The minimum Gasteiger partial charge on any atom is -0.356 e. The quantitative estimate of drug-likeness (QED) is 0.604. The maximum atomic E-state index is 4.43. The van der Waals surface area contributed by atoms with Crippen molar-refractivity contribution in [3.05, 3.63) is 0 Å². The van der Waals surface area contributed by atoms with Crippen LogP contribution >= 0.6 is 0 Å². The molecule has 2 bridgehead atoms. The third-order valence-corrected chi connectivity index (χ3v) is 6.52. The van der Waals surface area contributed by atoms with Gasteiger partial charge in [0.1, 0.15) is 0 Å². The fourth-order valence-electron chi connectivity index (χ4n) is 5.05. The molecule has 0 aromatic rings. The van der Waals surface area contributed by atoms with Gasteiger partial charge in [-0.2, -0.15) is 0 Å². The van der Waals surface area contributed by atoms with Gasteiger partial charge < -0.3 is 15.5 Å². The van der Waals surface area contributed by atoms with Crippen molar-refractivity contribution in [1.29, 1.82) is 0 Å². The zero-order valence-electron chi connectivity index (χ0n) is 15.4. The van der Waals surface area contributed by atoms with E-state index >= 15 is 0 Å². The van der Waals surface area contributed by atoms with E-state index in [1.54, 1.807) is 0 Å². The number of piperidine rings is 1. The molecule has 3 fully saturated rings. The Bertz CT molecular complexity index is 398. The Morgan fingerprint density at radius 3 is 2.48 bits per heavy atom. The van der Waals surface area contributed by atoms with Crippen LogP contribution in [0.15, 0.2) is 4.99 Å². The molecule has 1 saturated heterocycles. The molecule has 0 spiro atoms. The predicted molar refractivity (Wildman–Crippen MR) is 97.8 cm³/mol. The van der Waals surface area contributed by atoms with Gasteiger partial charge in [0, 0.05) is 38.8 Å². The van der Waals surface area contributed by atoms with Crippen molar-refractivity contribution in [2.24, 2.45) is 22.7 Å². The summed E-state index contributed by atoms with van der Waals surface area (Å²) in [4.78, 5) is 7.00. The number of hydrogen-bond donors (Lipinski definition) is 2. The van der Waals surface area contributed by atoms with Gasteiger partial charge in [-0.3, -0.25) is 4.99 Å².